The Labute approximate surface area is 122 Å². The van der Waals surface area contributed by atoms with E-state index in [4.69, 9.17) is 16.3 Å². The summed E-state index contributed by atoms with van der Waals surface area (Å²) in [6, 6.07) is 3.53. The van der Waals surface area contributed by atoms with Crippen LogP contribution in [0.25, 0.3) is 0 Å². The normalized spacial score (nSPS) is 14.2. The van der Waals surface area contributed by atoms with Crippen LogP contribution in [0.3, 0.4) is 0 Å². The first-order chi connectivity index (χ1) is 9.07. The summed E-state index contributed by atoms with van der Waals surface area (Å²) in [6.07, 6.45) is -3.89. The van der Waals surface area contributed by atoms with Gasteiger partial charge in [0.1, 0.15) is 0 Å². The lowest BCUT2D eigenvalue weighted by Crippen LogP contribution is -2.31. The third-order valence-corrected chi connectivity index (χ3v) is 3.38. The molecule has 0 spiro atoms. The molecule has 114 valence electrons. The van der Waals surface area contributed by atoms with E-state index in [0.29, 0.717) is 6.42 Å². The highest BCUT2D eigenvalue weighted by Gasteiger charge is 2.35. The fourth-order valence-electron chi connectivity index (χ4n) is 2.03. The lowest BCUT2D eigenvalue weighted by atomic mass is 9.99. The average molecular weight is 310 g/mol. The van der Waals surface area contributed by atoms with E-state index in [0.717, 1.165) is 6.07 Å². The number of nitrogens with one attached hydrogen (secondary N) is 1. The Morgan fingerprint density at radius 1 is 1.30 bits per heavy atom. The Kier molecular flexibility index (Phi) is 5.33. The summed E-state index contributed by atoms with van der Waals surface area (Å²) in [5, 5.41) is 2.90. The quantitative estimate of drug-likeness (QED) is 0.828. The van der Waals surface area contributed by atoms with Crippen molar-refractivity contribution in [2.75, 3.05) is 12.4 Å². The molecule has 1 atom stereocenters. The van der Waals surface area contributed by atoms with Crippen molar-refractivity contribution < 1.29 is 17.9 Å². The van der Waals surface area contributed by atoms with Gasteiger partial charge in [-0.3, -0.25) is 0 Å². The molecule has 1 N–H and O–H groups in total. The first kappa shape index (κ1) is 17.1. The second-order valence-electron chi connectivity index (χ2n) is 5.37. The van der Waals surface area contributed by atoms with Gasteiger partial charge in [0.15, 0.2) is 0 Å². The van der Waals surface area contributed by atoms with E-state index in [1.54, 1.807) is 14.0 Å². The zero-order chi connectivity index (χ0) is 15.6. The van der Waals surface area contributed by atoms with E-state index < -0.39 is 17.3 Å². The van der Waals surface area contributed by atoms with Crippen LogP contribution in [-0.2, 0) is 10.9 Å². The van der Waals surface area contributed by atoms with Crippen LogP contribution in [0.15, 0.2) is 18.2 Å². The maximum absolute atomic E-state index is 13.0. The molecule has 0 radical (unpaired) electrons. The number of rotatable bonds is 5. The molecule has 1 aromatic carbocycles. The molecule has 0 aliphatic heterocycles. The number of benzene rings is 1. The van der Waals surface area contributed by atoms with Crippen LogP contribution >= 0.6 is 11.6 Å². The van der Waals surface area contributed by atoms with Gasteiger partial charge in [0.25, 0.3) is 0 Å². The van der Waals surface area contributed by atoms with Crippen molar-refractivity contribution in [3.8, 4) is 0 Å². The van der Waals surface area contributed by atoms with E-state index in [-0.39, 0.29) is 16.8 Å². The number of anilines is 1. The lowest BCUT2D eigenvalue weighted by molar-refractivity contribution is -0.137. The van der Waals surface area contributed by atoms with Crippen molar-refractivity contribution in [2.24, 2.45) is 0 Å². The third-order valence-electron chi connectivity index (χ3n) is 3.06. The van der Waals surface area contributed by atoms with E-state index in [2.05, 4.69) is 5.32 Å². The molecule has 1 rings (SSSR count). The van der Waals surface area contributed by atoms with Crippen LogP contribution < -0.4 is 5.32 Å². The van der Waals surface area contributed by atoms with Gasteiger partial charge >= 0.3 is 6.18 Å². The van der Waals surface area contributed by atoms with Gasteiger partial charge in [0, 0.05) is 13.2 Å². The van der Waals surface area contributed by atoms with E-state index in [1.165, 1.54) is 12.1 Å². The molecular formula is C14H19ClF3NO. The van der Waals surface area contributed by atoms with E-state index in [1.807, 2.05) is 13.8 Å². The molecular weight excluding hydrogens is 291 g/mol. The van der Waals surface area contributed by atoms with Crippen LogP contribution in [0.2, 0.25) is 5.02 Å². The lowest BCUT2D eigenvalue weighted by Gasteiger charge is -2.28. The summed E-state index contributed by atoms with van der Waals surface area (Å²) in [4.78, 5) is 0. The monoisotopic (exact) mass is 309 g/mol. The molecule has 6 heteroatoms. The summed E-state index contributed by atoms with van der Waals surface area (Å²) in [6.45, 7) is 5.55. The molecule has 0 fully saturated rings. The summed E-state index contributed by atoms with van der Waals surface area (Å²) < 4.78 is 44.2. The fraction of sp³-hybridized carbons (Fsp3) is 0.571. The molecule has 0 bridgehead atoms. The first-order valence-corrected chi connectivity index (χ1v) is 6.62. The van der Waals surface area contributed by atoms with Gasteiger partial charge in [-0.05, 0) is 39.3 Å². The number of halogens is 4. The van der Waals surface area contributed by atoms with Crippen molar-refractivity contribution in [1.82, 2.24) is 0 Å². The van der Waals surface area contributed by atoms with Crippen LogP contribution in [0, 0.1) is 0 Å². The van der Waals surface area contributed by atoms with Gasteiger partial charge in [-0.2, -0.15) is 13.2 Å². The molecule has 1 unspecified atom stereocenters. The van der Waals surface area contributed by atoms with E-state index in [9.17, 15) is 13.2 Å². The van der Waals surface area contributed by atoms with Gasteiger partial charge in [0.2, 0.25) is 0 Å². The number of hydrogen-bond acceptors (Lipinski definition) is 2. The molecule has 0 aliphatic rings. The Morgan fingerprint density at radius 3 is 2.40 bits per heavy atom. The summed E-state index contributed by atoms with van der Waals surface area (Å²) in [5.74, 6) is 0. The average Bonchev–Trinajstić information content (AvgIpc) is 2.29. The highest BCUT2D eigenvalue weighted by Crippen LogP contribution is 2.39. The van der Waals surface area contributed by atoms with Crippen molar-refractivity contribution in [3.05, 3.63) is 28.8 Å². The molecule has 1 aromatic rings. The largest absolute Gasteiger partial charge is 0.418 e. The topological polar surface area (TPSA) is 21.3 Å². The van der Waals surface area contributed by atoms with Crippen LogP contribution in [0.4, 0.5) is 18.9 Å². The number of methoxy groups -OCH3 is 1. The molecule has 0 heterocycles. The smallest absolute Gasteiger partial charge is 0.381 e. The molecule has 0 aromatic heterocycles. The molecule has 0 saturated heterocycles. The number of hydrogen-bond donors (Lipinski definition) is 1. The SMILES string of the molecule is COC(C)(C)CC(C)Nc1c(Cl)cccc1C(F)(F)F. The second-order valence-corrected chi connectivity index (χ2v) is 5.78. The third kappa shape index (κ3) is 4.56. The number of para-hydroxylation sites is 1. The van der Waals surface area contributed by atoms with Gasteiger partial charge in [-0.25, -0.2) is 0 Å². The predicted octanol–water partition coefficient (Wildman–Crippen LogP) is 4.97. The van der Waals surface area contributed by atoms with Crippen molar-refractivity contribution in [2.45, 2.75) is 45.0 Å². The Morgan fingerprint density at radius 2 is 1.90 bits per heavy atom. The maximum Gasteiger partial charge on any atom is 0.418 e. The Balaban J connectivity index is 2.98. The zero-order valence-electron chi connectivity index (χ0n) is 11.9. The Hall–Kier alpha value is -0.940. The van der Waals surface area contributed by atoms with Crippen LogP contribution in [-0.4, -0.2) is 18.8 Å². The molecule has 0 amide bonds. The van der Waals surface area contributed by atoms with Crippen LogP contribution in [0.5, 0.6) is 0 Å². The molecule has 2 nitrogen and oxygen atoms in total. The molecule has 0 aliphatic carbocycles. The number of alkyl halides is 3. The highest BCUT2D eigenvalue weighted by atomic mass is 35.5. The van der Waals surface area contributed by atoms with Crippen LogP contribution in [0.1, 0.15) is 32.8 Å². The maximum atomic E-state index is 13.0. The minimum atomic E-state index is -4.44. The standard InChI is InChI=1S/C14H19ClF3NO/c1-9(8-13(2,3)20-4)19-12-10(14(16,17)18)6-5-7-11(12)15/h5-7,9,19H,8H2,1-4H3. The van der Waals surface area contributed by atoms with Crippen molar-refractivity contribution >= 4 is 17.3 Å². The summed E-state index contributed by atoms with van der Waals surface area (Å²) in [5.41, 5.74) is -1.26. The van der Waals surface area contributed by atoms with Gasteiger partial charge in [-0.1, -0.05) is 17.7 Å². The first-order valence-electron chi connectivity index (χ1n) is 6.24. The highest BCUT2D eigenvalue weighted by molar-refractivity contribution is 6.33. The van der Waals surface area contributed by atoms with Crippen molar-refractivity contribution in [1.29, 1.82) is 0 Å². The fourth-order valence-corrected chi connectivity index (χ4v) is 2.25. The minimum absolute atomic E-state index is 0.0573. The molecule has 0 saturated carbocycles. The van der Waals surface area contributed by atoms with E-state index >= 15 is 0 Å². The number of ether oxygens (including phenoxy) is 1. The van der Waals surface area contributed by atoms with Crippen molar-refractivity contribution in [3.63, 3.8) is 0 Å². The predicted molar refractivity (Wildman–Crippen MR) is 75.2 cm³/mol. The second kappa shape index (κ2) is 6.22. The summed E-state index contributed by atoms with van der Waals surface area (Å²) in [7, 11) is 1.57. The van der Waals surface area contributed by atoms with Gasteiger partial charge < -0.3 is 10.1 Å². The Bertz CT molecular complexity index is 460. The minimum Gasteiger partial charge on any atom is -0.381 e. The van der Waals surface area contributed by atoms with Gasteiger partial charge in [-0.15, -0.1) is 0 Å². The van der Waals surface area contributed by atoms with Gasteiger partial charge in [0.05, 0.1) is 21.9 Å². The summed E-state index contributed by atoms with van der Waals surface area (Å²) >= 11 is 5.89. The molecule has 20 heavy (non-hydrogen) atoms. The zero-order valence-corrected chi connectivity index (χ0v) is 12.7.